The first-order chi connectivity index (χ1) is 8.62. The third-order valence-corrected chi connectivity index (χ3v) is 4.85. The van der Waals surface area contributed by atoms with Gasteiger partial charge in [-0.15, -0.1) is 6.42 Å². The zero-order valence-electron chi connectivity index (χ0n) is 12.0. The summed E-state index contributed by atoms with van der Waals surface area (Å²) >= 11 is 0. The Bertz CT molecular complexity index is 295. The Labute approximate surface area is 113 Å². The maximum absolute atomic E-state index is 5.37. The summed E-state index contributed by atoms with van der Waals surface area (Å²) < 4.78 is 0. The van der Waals surface area contributed by atoms with Gasteiger partial charge >= 0.3 is 0 Å². The van der Waals surface area contributed by atoms with Crippen LogP contribution in [-0.4, -0.2) is 36.6 Å². The van der Waals surface area contributed by atoms with Crippen molar-refractivity contribution in [2.24, 2.45) is 5.41 Å². The normalized spacial score (nSPS) is 29.9. The molecule has 2 nitrogen and oxygen atoms in total. The Balaban J connectivity index is 1.79. The molecule has 0 aromatic carbocycles. The van der Waals surface area contributed by atoms with E-state index in [-0.39, 0.29) is 0 Å². The fraction of sp³-hybridized carbons (Fsp3) is 0.875. The summed E-state index contributed by atoms with van der Waals surface area (Å²) in [5.41, 5.74) is 0.480. The molecule has 1 heterocycles. The van der Waals surface area contributed by atoms with Crippen molar-refractivity contribution in [3.05, 3.63) is 0 Å². The van der Waals surface area contributed by atoms with Crippen molar-refractivity contribution in [1.82, 2.24) is 10.2 Å². The average Bonchev–Trinajstić information content (AvgIpc) is 2.34. The maximum atomic E-state index is 5.37. The molecule has 2 rings (SSSR count). The Hall–Kier alpha value is -0.520. The lowest BCUT2D eigenvalue weighted by Crippen LogP contribution is -2.51. The van der Waals surface area contributed by atoms with Gasteiger partial charge in [0, 0.05) is 25.2 Å². The van der Waals surface area contributed by atoms with Gasteiger partial charge in [-0.1, -0.05) is 32.6 Å². The van der Waals surface area contributed by atoms with Gasteiger partial charge in [0.25, 0.3) is 0 Å². The first-order valence-corrected chi connectivity index (χ1v) is 7.54. The lowest BCUT2D eigenvalue weighted by Gasteiger charge is -2.43. The van der Waals surface area contributed by atoms with Gasteiger partial charge in [0.1, 0.15) is 0 Å². The summed E-state index contributed by atoms with van der Waals surface area (Å²) in [5, 5.41) is 3.93. The average molecular weight is 248 g/mol. The quantitative estimate of drug-likeness (QED) is 0.773. The lowest BCUT2D eigenvalue weighted by molar-refractivity contribution is 0.131. The second-order valence-electron chi connectivity index (χ2n) is 6.71. The summed E-state index contributed by atoms with van der Waals surface area (Å²) in [6.45, 7) is 8.00. The van der Waals surface area contributed by atoms with Gasteiger partial charge < -0.3 is 5.32 Å². The van der Waals surface area contributed by atoms with Crippen LogP contribution in [0.3, 0.4) is 0 Å². The van der Waals surface area contributed by atoms with Gasteiger partial charge in [-0.3, -0.25) is 4.90 Å². The molecule has 1 saturated heterocycles. The molecule has 1 saturated carbocycles. The number of rotatable bonds is 3. The smallest absolute Gasteiger partial charge is 0.0598 e. The highest BCUT2D eigenvalue weighted by Gasteiger charge is 2.33. The van der Waals surface area contributed by atoms with E-state index in [2.05, 4.69) is 30.0 Å². The van der Waals surface area contributed by atoms with Crippen LogP contribution in [0.1, 0.15) is 52.4 Å². The Morgan fingerprint density at radius 2 is 1.94 bits per heavy atom. The fourth-order valence-corrected chi connectivity index (χ4v) is 3.47. The maximum Gasteiger partial charge on any atom is 0.0598 e. The van der Waals surface area contributed by atoms with E-state index in [4.69, 9.17) is 6.42 Å². The number of hydrogen-bond acceptors (Lipinski definition) is 2. The molecule has 1 aliphatic heterocycles. The molecular formula is C16H28N2. The molecular weight excluding hydrogens is 220 g/mol. The van der Waals surface area contributed by atoms with Crippen molar-refractivity contribution in [2.45, 2.75) is 64.5 Å². The Morgan fingerprint density at radius 1 is 1.22 bits per heavy atom. The van der Waals surface area contributed by atoms with Crippen LogP contribution in [0.25, 0.3) is 0 Å². The molecule has 2 heteroatoms. The molecule has 0 aromatic heterocycles. The monoisotopic (exact) mass is 248 g/mol. The van der Waals surface area contributed by atoms with Crippen molar-refractivity contribution >= 4 is 0 Å². The van der Waals surface area contributed by atoms with E-state index in [1.807, 2.05) is 0 Å². The molecule has 2 aliphatic rings. The first kappa shape index (κ1) is 13.9. The van der Waals surface area contributed by atoms with E-state index in [0.717, 1.165) is 25.7 Å². The lowest BCUT2D eigenvalue weighted by atomic mass is 9.73. The summed E-state index contributed by atoms with van der Waals surface area (Å²) in [4.78, 5) is 2.39. The minimum Gasteiger partial charge on any atom is -0.311 e. The molecule has 0 radical (unpaired) electrons. The number of terminal acetylenes is 1. The number of piperidine rings is 1. The fourth-order valence-electron chi connectivity index (χ4n) is 3.47. The predicted octanol–water partition coefficient (Wildman–Crippen LogP) is 2.64. The molecule has 18 heavy (non-hydrogen) atoms. The summed E-state index contributed by atoms with van der Waals surface area (Å²) in [6, 6.07) is 1.43. The Morgan fingerprint density at radius 3 is 2.56 bits per heavy atom. The molecule has 2 fully saturated rings. The minimum atomic E-state index is 0.480. The van der Waals surface area contributed by atoms with Gasteiger partial charge in [-0.2, -0.15) is 0 Å². The largest absolute Gasteiger partial charge is 0.311 e. The third-order valence-electron chi connectivity index (χ3n) is 4.85. The van der Waals surface area contributed by atoms with E-state index >= 15 is 0 Å². The summed E-state index contributed by atoms with van der Waals surface area (Å²) in [7, 11) is 0. The molecule has 102 valence electrons. The summed E-state index contributed by atoms with van der Waals surface area (Å²) in [5.74, 6) is 2.75. The second-order valence-corrected chi connectivity index (χ2v) is 6.71. The van der Waals surface area contributed by atoms with Gasteiger partial charge in [0.15, 0.2) is 0 Å². The number of nitrogens with zero attached hydrogens (tertiary/aromatic N) is 1. The highest BCUT2D eigenvalue weighted by atomic mass is 15.1. The van der Waals surface area contributed by atoms with Crippen molar-refractivity contribution in [3.63, 3.8) is 0 Å². The van der Waals surface area contributed by atoms with Crippen molar-refractivity contribution < 1.29 is 0 Å². The van der Waals surface area contributed by atoms with Crippen molar-refractivity contribution in [2.75, 3.05) is 19.6 Å². The topological polar surface area (TPSA) is 15.3 Å². The zero-order chi connectivity index (χ0) is 13.0. The number of likely N-dealkylation sites (tertiary alicyclic amines) is 1. The molecule has 0 aromatic rings. The van der Waals surface area contributed by atoms with Crippen LogP contribution in [0, 0.1) is 17.8 Å². The van der Waals surface area contributed by atoms with Crippen LogP contribution in [0.15, 0.2) is 0 Å². The zero-order valence-corrected chi connectivity index (χ0v) is 12.0. The van der Waals surface area contributed by atoms with Crippen LogP contribution in [0.4, 0.5) is 0 Å². The van der Waals surface area contributed by atoms with Crippen LogP contribution < -0.4 is 5.32 Å². The van der Waals surface area contributed by atoms with Gasteiger partial charge in [-0.25, -0.2) is 0 Å². The van der Waals surface area contributed by atoms with Crippen molar-refractivity contribution in [1.29, 1.82) is 0 Å². The van der Waals surface area contributed by atoms with E-state index in [1.165, 1.54) is 38.5 Å². The highest BCUT2D eigenvalue weighted by molar-refractivity contribution is 4.93. The van der Waals surface area contributed by atoms with Gasteiger partial charge in [-0.05, 0) is 31.1 Å². The number of hydrogen-bond donors (Lipinski definition) is 1. The van der Waals surface area contributed by atoms with Crippen LogP contribution in [-0.2, 0) is 0 Å². The standard InChI is InChI=1S/C16H28N2/c1-4-11-18-12-8-14(9-13-18)17-15-7-5-6-10-16(15,2)3/h1,14-15,17H,5-13H2,2-3H3. The van der Waals surface area contributed by atoms with Gasteiger partial charge in [0.05, 0.1) is 6.54 Å². The van der Waals surface area contributed by atoms with E-state index in [0.29, 0.717) is 11.5 Å². The first-order valence-electron chi connectivity index (χ1n) is 7.54. The molecule has 1 unspecified atom stereocenters. The second kappa shape index (κ2) is 6.08. The van der Waals surface area contributed by atoms with Crippen LogP contribution in [0.2, 0.25) is 0 Å². The minimum absolute atomic E-state index is 0.480. The molecule has 1 atom stereocenters. The molecule has 1 N–H and O–H groups in total. The molecule has 0 bridgehead atoms. The predicted molar refractivity (Wildman–Crippen MR) is 77.5 cm³/mol. The van der Waals surface area contributed by atoms with E-state index in [1.54, 1.807) is 0 Å². The molecule has 0 amide bonds. The third kappa shape index (κ3) is 3.49. The van der Waals surface area contributed by atoms with Crippen molar-refractivity contribution in [3.8, 4) is 12.3 Å². The molecule has 0 spiro atoms. The van der Waals surface area contributed by atoms with Crippen LogP contribution >= 0.6 is 0 Å². The van der Waals surface area contributed by atoms with Gasteiger partial charge in [0.2, 0.25) is 0 Å². The highest BCUT2D eigenvalue weighted by Crippen LogP contribution is 2.36. The Kier molecular flexibility index (Phi) is 4.70. The molecule has 1 aliphatic carbocycles. The van der Waals surface area contributed by atoms with E-state index < -0.39 is 0 Å². The van der Waals surface area contributed by atoms with E-state index in [9.17, 15) is 0 Å². The SMILES string of the molecule is C#CCN1CCC(NC2CCCCC2(C)C)CC1. The van der Waals surface area contributed by atoms with Crippen LogP contribution in [0.5, 0.6) is 0 Å². The number of nitrogens with one attached hydrogen (secondary N) is 1. The summed E-state index contributed by atoms with van der Waals surface area (Å²) in [6.07, 6.45) is 13.4.